The molecule has 2 aliphatic rings. The monoisotopic (exact) mass is 1190 g/mol. The van der Waals surface area contributed by atoms with Gasteiger partial charge in [0.15, 0.2) is 21.8 Å². The molecule has 0 spiro atoms. The van der Waals surface area contributed by atoms with E-state index >= 15 is 0 Å². The maximum Gasteiger partial charge on any atom is 0.188 e. The van der Waals surface area contributed by atoms with Gasteiger partial charge in [-0.15, -0.1) is 0 Å². The average molecular weight is 1200 g/mol. The van der Waals surface area contributed by atoms with Gasteiger partial charge in [0.05, 0.1) is 47.8 Å². The van der Waals surface area contributed by atoms with Crippen LogP contribution < -0.4 is 26.6 Å². The zero-order valence-corrected chi connectivity index (χ0v) is 45.5. The van der Waals surface area contributed by atoms with Crippen LogP contribution in [0.5, 0.6) is 0 Å². The van der Waals surface area contributed by atoms with Crippen LogP contribution in [0, 0.1) is 34.6 Å². The van der Waals surface area contributed by atoms with Crippen LogP contribution in [0.15, 0.2) is 77.5 Å². The number of β-amino-alcohol motifs (C(OH)–C–C–N with tert-alkyl or cyclic N) is 2. The number of carbonyl (C=O) groups excluding carboxylic acids is 2. The van der Waals surface area contributed by atoms with Crippen molar-refractivity contribution in [3.8, 4) is 0 Å². The summed E-state index contributed by atoms with van der Waals surface area (Å²) in [6.45, 7) is 12.2. The van der Waals surface area contributed by atoms with Gasteiger partial charge in [0.2, 0.25) is 0 Å². The zero-order chi connectivity index (χ0) is 53.1. The number of benzene rings is 3. The summed E-state index contributed by atoms with van der Waals surface area (Å²) in [5.74, 6) is 2.83. The van der Waals surface area contributed by atoms with Crippen molar-refractivity contribution < 1.29 is 22.5 Å². The van der Waals surface area contributed by atoms with E-state index < -0.39 is 0 Å². The van der Waals surface area contributed by atoms with Gasteiger partial charge in [-0.1, -0.05) is 132 Å². The van der Waals surface area contributed by atoms with Crippen LogP contribution in [-0.2, 0) is 12.8 Å². The van der Waals surface area contributed by atoms with Crippen molar-refractivity contribution in [2.45, 2.75) is 94.8 Å². The molecule has 2 fully saturated rings. The number of aryl methyl sites for hydroxylation is 5. The second-order valence-electron chi connectivity index (χ2n) is 16.4. The highest BCUT2D eigenvalue weighted by molar-refractivity contribution is 9.10. The van der Waals surface area contributed by atoms with Crippen molar-refractivity contribution in [1.82, 2.24) is 35.2 Å². The first-order valence-corrected chi connectivity index (χ1v) is 26.0. The fourth-order valence-electron chi connectivity index (χ4n) is 6.96. The van der Waals surface area contributed by atoms with E-state index in [9.17, 15) is 14.7 Å². The molecular formula is C52H64BrCl4N11O4S2. The lowest BCUT2D eigenvalue weighted by atomic mass is 10.0. The number of halogens is 5. The smallest absolute Gasteiger partial charge is 0.188 e. The van der Waals surface area contributed by atoms with Gasteiger partial charge in [-0.2, -0.15) is 0 Å². The van der Waals surface area contributed by atoms with Gasteiger partial charge in [0.25, 0.3) is 0 Å². The zero-order valence-electron chi connectivity index (χ0n) is 41.2. The summed E-state index contributed by atoms with van der Waals surface area (Å²) in [4.78, 5) is 54.0. The maximum atomic E-state index is 12.8. The van der Waals surface area contributed by atoms with Crippen molar-refractivity contribution in [3.63, 3.8) is 0 Å². The van der Waals surface area contributed by atoms with Crippen LogP contribution in [0.2, 0.25) is 20.2 Å². The molecule has 398 valence electrons. The fourth-order valence-corrected chi connectivity index (χ4v) is 10.2. The minimum atomic E-state index is -0.339. The molecule has 7 aromatic rings. The lowest BCUT2D eigenvalue weighted by molar-refractivity contribution is 0.0988. The van der Waals surface area contributed by atoms with Gasteiger partial charge in [0.1, 0.15) is 34.3 Å². The second kappa shape index (κ2) is 30.0. The van der Waals surface area contributed by atoms with E-state index in [1.807, 2.05) is 44.7 Å². The Hall–Kier alpha value is -4.86. The molecule has 15 nitrogen and oxygen atoms in total. The molecular weight excluding hydrogens is 1130 g/mol. The van der Waals surface area contributed by atoms with Crippen molar-refractivity contribution in [1.29, 1.82) is 0 Å². The topological polar surface area (TPSA) is 217 Å². The Balaban J connectivity index is 0.000000303. The van der Waals surface area contributed by atoms with Gasteiger partial charge >= 0.3 is 0 Å². The van der Waals surface area contributed by atoms with Crippen molar-refractivity contribution >= 4 is 130 Å². The van der Waals surface area contributed by atoms with Gasteiger partial charge < -0.3 is 36.8 Å². The van der Waals surface area contributed by atoms with Gasteiger partial charge in [-0.05, 0) is 106 Å². The number of thiazole rings is 2. The molecule has 3 aromatic carbocycles. The first-order valence-electron chi connectivity index (χ1n) is 23.0. The van der Waals surface area contributed by atoms with Crippen molar-refractivity contribution in [3.05, 3.63) is 147 Å². The summed E-state index contributed by atoms with van der Waals surface area (Å²) < 4.78 is 16.3. The largest absolute Gasteiger partial charge is 0.397 e. The number of hydrogen-bond donors (Lipinski definition) is 6. The number of anilines is 6. The van der Waals surface area contributed by atoms with E-state index in [0.717, 1.165) is 70.6 Å². The number of nitrogen functional groups attached to an aromatic ring is 1. The second-order valence-corrected chi connectivity index (χ2v) is 21.0. The van der Waals surface area contributed by atoms with Crippen LogP contribution in [0.25, 0.3) is 0 Å². The van der Waals surface area contributed by atoms with E-state index in [-0.39, 0.29) is 58.9 Å². The number of rotatable bonds is 11. The van der Waals surface area contributed by atoms with Crippen LogP contribution >= 0.6 is 85.0 Å². The first kappa shape index (κ1) is 60.0. The van der Waals surface area contributed by atoms with Crippen molar-refractivity contribution in [2.75, 3.05) is 47.4 Å². The van der Waals surface area contributed by atoms with Crippen molar-refractivity contribution in [2.24, 2.45) is 0 Å². The SMILES string of the molecule is C.C.C.Cc1cc(Br)cc(Cl)c1N.O[C@H]1CCNC1.[2H]c1cc(C)c(CC(=O)c2cnc(Nc3cc(Cl)nc(C)n3)s2)c(Cl)c1.[2H]c1cc(C)c(CC(=O)c2cnc(Nc3cc(N4CC[C@H](O)C4)nc(C)n3)s2)c(Cl)c1. The van der Waals surface area contributed by atoms with Crippen LogP contribution in [0.1, 0.15) is 96.7 Å². The molecule has 22 heteroatoms. The van der Waals surface area contributed by atoms with E-state index in [1.165, 1.54) is 34.9 Å². The summed E-state index contributed by atoms with van der Waals surface area (Å²) >= 11 is 29.9. The van der Waals surface area contributed by atoms with E-state index in [0.29, 0.717) is 87.8 Å². The van der Waals surface area contributed by atoms with Crippen LogP contribution in [0.3, 0.4) is 0 Å². The number of nitrogens with one attached hydrogen (secondary N) is 3. The Bertz CT molecular complexity index is 3010. The lowest BCUT2D eigenvalue weighted by Gasteiger charge is -2.17. The van der Waals surface area contributed by atoms with Gasteiger partial charge in [-0.25, -0.2) is 29.9 Å². The van der Waals surface area contributed by atoms with Crippen LogP contribution in [-0.4, -0.2) is 90.1 Å². The molecule has 9 rings (SSSR count). The predicted molar refractivity (Wildman–Crippen MR) is 313 cm³/mol. The molecule has 6 heterocycles. The number of hydrogen-bond acceptors (Lipinski definition) is 17. The highest BCUT2D eigenvalue weighted by Crippen LogP contribution is 2.30. The summed E-state index contributed by atoms with van der Waals surface area (Å²) in [6, 6.07) is 14.2. The van der Waals surface area contributed by atoms with E-state index in [2.05, 4.69) is 61.8 Å². The third-order valence-corrected chi connectivity index (χ3v) is 14.3. The highest BCUT2D eigenvalue weighted by Gasteiger charge is 2.23. The lowest BCUT2D eigenvalue weighted by Crippen LogP contribution is -2.22. The number of ketones is 2. The van der Waals surface area contributed by atoms with Crippen LogP contribution in [0.4, 0.5) is 33.4 Å². The molecule has 0 amide bonds. The molecule has 2 atom stereocenters. The maximum absolute atomic E-state index is 12.8. The minimum Gasteiger partial charge on any atom is -0.397 e. The molecule has 4 aromatic heterocycles. The Morgan fingerprint density at radius 1 is 0.743 bits per heavy atom. The number of aliphatic hydroxyl groups excluding tert-OH is 2. The first-order chi connectivity index (χ1) is 34.6. The van der Waals surface area contributed by atoms with Gasteiger partial charge in [-0.3, -0.25) is 9.59 Å². The molecule has 2 saturated heterocycles. The summed E-state index contributed by atoms with van der Waals surface area (Å²) in [6.07, 6.45) is 4.62. The number of aliphatic hydroxyl groups is 2. The summed E-state index contributed by atoms with van der Waals surface area (Å²) in [7, 11) is 0. The minimum absolute atomic E-state index is 0. The molecule has 74 heavy (non-hydrogen) atoms. The number of carbonyl (C=O) groups is 2. The number of Topliss-reactive ketones (excluding diaryl/α,β-unsaturated/α-hetero) is 2. The van der Waals surface area contributed by atoms with Gasteiger partial charge in [0, 0.05) is 59.1 Å². The Labute approximate surface area is 473 Å². The molecule has 0 saturated carbocycles. The molecule has 0 unspecified atom stereocenters. The third kappa shape index (κ3) is 18.8. The molecule has 7 N–H and O–H groups in total. The number of aromatic nitrogens is 6. The standard InChI is InChI=1S/C21H22ClN5O2S.C17H14Cl2N4OS.C7H7BrClN.C4H9NO.3CH4/c1-12-4-3-5-16(22)15(12)8-17(29)18-10-23-21(30-18)26-19-9-20(25-13(2)24-19)27-7-6-14(28)11-27;1-9-4-3-5-12(18)11(9)6-13(24)14-8-20-17(25-14)23-16-7-15(19)21-10(2)22-16;1-4-2-5(8)3-6(9)7(4)10;6-4-1-2-5-3-4;;;/h3-5,9-10,14,28H,6-8,11H2,1-2H3,(H,23,24,25,26);3-5,7-8H,6H2,1-2H3,(H,20,21,22,23);2-3H,10H2,1H3;4-6H,1-3H2;3*1H4/t14-;;;4-;;;/m0..0.../s1/i2*3D;;;;;. The third-order valence-electron chi connectivity index (χ3n) is 10.7. The highest BCUT2D eigenvalue weighted by atomic mass is 79.9. The van der Waals surface area contributed by atoms with E-state index in [4.69, 9.17) is 60.0 Å². The Morgan fingerprint density at radius 3 is 1.70 bits per heavy atom. The number of nitrogens with zero attached hydrogens (tertiary/aromatic N) is 7. The Morgan fingerprint density at radius 2 is 1.27 bits per heavy atom. The number of nitrogens with two attached hydrogens (primary N) is 1. The normalized spacial score (nSPS) is 14.7. The Kier molecular flexibility index (Phi) is 24.4. The molecule has 2 aliphatic heterocycles. The summed E-state index contributed by atoms with van der Waals surface area (Å²) in [5, 5.41) is 30.5. The molecule has 0 bridgehead atoms. The van der Waals surface area contributed by atoms with E-state index in [1.54, 1.807) is 43.5 Å². The predicted octanol–water partition coefficient (Wildman–Crippen LogP) is 13.2. The summed E-state index contributed by atoms with van der Waals surface area (Å²) in [5.41, 5.74) is 10.4. The average Bonchev–Trinajstić information content (AvgIpc) is 4.16. The quantitative estimate of drug-likeness (QED) is 0.0403. The molecule has 0 radical (unpaired) electrons. The fraction of sp³-hybridized carbons (Fsp3) is 0.346. The molecule has 0 aliphatic carbocycles.